The Bertz CT molecular complexity index is 276. The average Bonchev–Trinajstić information content (AvgIpc) is 2.44. The van der Waals surface area contributed by atoms with Crippen molar-refractivity contribution in [2.75, 3.05) is 0 Å². The van der Waals surface area contributed by atoms with Crippen molar-refractivity contribution in [1.29, 1.82) is 0 Å². The minimum atomic E-state index is 0.809. The number of allylic oxidation sites excluding steroid dienone is 2. The number of hydrogen-bond acceptors (Lipinski definition) is 0. The van der Waals surface area contributed by atoms with E-state index in [4.69, 9.17) is 0 Å². The van der Waals surface area contributed by atoms with Gasteiger partial charge in [0, 0.05) is 0 Å². The van der Waals surface area contributed by atoms with Crippen LogP contribution in [0.2, 0.25) is 0 Å². The molecule has 1 aliphatic rings. The molecule has 1 rings (SSSR count). The van der Waals surface area contributed by atoms with Gasteiger partial charge in [-0.25, -0.2) is 0 Å². The Morgan fingerprint density at radius 3 is 2.57 bits per heavy atom. The van der Waals surface area contributed by atoms with Gasteiger partial charge in [0.15, 0.2) is 0 Å². The van der Waals surface area contributed by atoms with Crippen LogP contribution in [0.25, 0.3) is 0 Å². The summed E-state index contributed by atoms with van der Waals surface area (Å²) in [6.45, 7) is 9.51. The summed E-state index contributed by atoms with van der Waals surface area (Å²) in [5.41, 5.74) is 1.64. The van der Waals surface area contributed by atoms with Gasteiger partial charge in [0.2, 0.25) is 0 Å². The van der Waals surface area contributed by atoms with E-state index in [0.29, 0.717) is 0 Å². The molecule has 0 heteroatoms. The minimum absolute atomic E-state index is 0.809. The molecule has 0 aliphatic heterocycles. The third-order valence-corrected chi connectivity index (χ3v) is 5.41. The van der Waals surface area contributed by atoms with E-state index < -0.39 is 0 Å². The molecule has 21 heavy (non-hydrogen) atoms. The molecule has 124 valence electrons. The molecule has 0 heterocycles. The summed E-state index contributed by atoms with van der Waals surface area (Å²) in [5.74, 6) is 2.76. The van der Waals surface area contributed by atoms with Crippen LogP contribution in [-0.4, -0.2) is 0 Å². The zero-order valence-corrected chi connectivity index (χ0v) is 15.3. The van der Waals surface area contributed by atoms with Crippen LogP contribution >= 0.6 is 0 Å². The summed E-state index contributed by atoms with van der Waals surface area (Å²) in [5, 5.41) is 0. The Morgan fingerprint density at radius 2 is 1.81 bits per heavy atom. The fourth-order valence-electron chi connectivity index (χ4n) is 3.78. The highest BCUT2D eigenvalue weighted by molar-refractivity contribution is 5.01. The quantitative estimate of drug-likeness (QED) is 0.304. The molecule has 0 fully saturated rings. The van der Waals surface area contributed by atoms with Crippen molar-refractivity contribution in [1.82, 2.24) is 0 Å². The van der Waals surface area contributed by atoms with Crippen LogP contribution in [0.5, 0.6) is 0 Å². The first-order valence-corrected chi connectivity index (χ1v) is 9.79. The van der Waals surface area contributed by atoms with Gasteiger partial charge in [0.05, 0.1) is 0 Å². The van der Waals surface area contributed by atoms with Crippen LogP contribution in [-0.2, 0) is 0 Å². The molecule has 0 saturated carbocycles. The van der Waals surface area contributed by atoms with E-state index in [2.05, 4.69) is 33.8 Å². The molecule has 0 spiro atoms. The fraction of sp³-hybridized carbons (Fsp3) is 0.905. The molecule has 0 N–H and O–H groups in total. The topological polar surface area (TPSA) is 0 Å². The van der Waals surface area contributed by atoms with Crippen LogP contribution < -0.4 is 0 Å². The van der Waals surface area contributed by atoms with Crippen LogP contribution in [0.3, 0.4) is 0 Å². The summed E-state index contributed by atoms with van der Waals surface area (Å²) in [6.07, 6.45) is 19.8. The van der Waals surface area contributed by atoms with E-state index in [0.717, 1.165) is 17.8 Å². The van der Waals surface area contributed by atoms with Crippen molar-refractivity contribution >= 4 is 0 Å². The number of hydrogen-bond donors (Lipinski definition) is 0. The van der Waals surface area contributed by atoms with Gasteiger partial charge in [-0.1, -0.05) is 83.8 Å². The molecule has 0 aromatic rings. The van der Waals surface area contributed by atoms with Gasteiger partial charge in [-0.05, 0) is 50.4 Å². The molecule has 3 atom stereocenters. The van der Waals surface area contributed by atoms with E-state index >= 15 is 0 Å². The molecule has 0 saturated heterocycles. The molecule has 0 aromatic heterocycles. The van der Waals surface area contributed by atoms with Crippen LogP contribution in [0.15, 0.2) is 11.6 Å². The molecule has 0 radical (unpaired) electrons. The lowest BCUT2D eigenvalue weighted by Gasteiger charge is -2.23. The minimum Gasteiger partial charge on any atom is -0.0828 e. The van der Waals surface area contributed by atoms with E-state index in [1.54, 1.807) is 5.57 Å². The summed E-state index contributed by atoms with van der Waals surface area (Å²) in [7, 11) is 0. The Labute approximate surface area is 134 Å². The molecule has 0 nitrogen and oxygen atoms in total. The van der Waals surface area contributed by atoms with E-state index in [-0.39, 0.29) is 0 Å². The first kappa shape index (κ1) is 18.8. The van der Waals surface area contributed by atoms with Crippen LogP contribution in [0, 0.1) is 17.8 Å². The smallest absolute Gasteiger partial charge is 0.0259 e. The SMILES string of the molecule is CCCCCCCC(C)CCC1CCC(C)=CC(C)CC1. The van der Waals surface area contributed by atoms with Crippen molar-refractivity contribution in [3.05, 3.63) is 11.6 Å². The molecule has 3 unspecified atom stereocenters. The van der Waals surface area contributed by atoms with E-state index in [1.165, 1.54) is 77.0 Å². The van der Waals surface area contributed by atoms with Gasteiger partial charge in [-0.3, -0.25) is 0 Å². The summed E-state index contributed by atoms with van der Waals surface area (Å²) >= 11 is 0. The largest absolute Gasteiger partial charge is 0.0828 e. The predicted molar refractivity (Wildman–Crippen MR) is 96.7 cm³/mol. The third kappa shape index (κ3) is 9.38. The average molecular weight is 293 g/mol. The number of unbranched alkanes of at least 4 members (excludes halogenated alkanes) is 4. The highest BCUT2D eigenvalue weighted by atomic mass is 14.2. The zero-order valence-electron chi connectivity index (χ0n) is 15.3. The van der Waals surface area contributed by atoms with Gasteiger partial charge in [-0.15, -0.1) is 0 Å². The van der Waals surface area contributed by atoms with Crippen molar-refractivity contribution in [3.8, 4) is 0 Å². The van der Waals surface area contributed by atoms with Crippen LogP contribution in [0.4, 0.5) is 0 Å². The molecule has 0 bridgehead atoms. The monoisotopic (exact) mass is 292 g/mol. The lowest BCUT2D eigenvalue weighted by molar-refractivity contribution is 0.333. The summed E-state index contributed by atoms with van der Waals surface area (Å²) in [6, 6.07) is 0. The second-order valence-electron chi connectivity index (χ2n) is 7.86. The Balaban J connectivity index is 2.14. The van der Waals surface area contributed by atoms with Crippen molar-refractivity contribution in [2.24, 2.45) is 17.8 Å². The fourth-order valence-corrected chi connectivity index (χ4v) is 3.78. The Kier molecular flexibility index (Phi) is 10.1. The van der Waals surface area contributed by atoms with Gasteiger partial charge in [0.25, 0.3) is 0 Å². The maximum Gasteiger partial charge on any atom is -0.0259 e. The lowest BCUT2D eigenvalue weighted by atomic mass is 9.83. The molecule has 1 aliphatic carbocycles. The third-order valence-electron chi connectivity index (χ3n) is 5.41. The van der Waals surface area contributed by atoms with Gasteiger partial charge in [-0.2, -0.15) is 0 Å². The second-order valence-corrected chi connectivity index (χ2v) is 7.86. The first-order valence-electron chi connectivity index (χ1n) is 9.79. The number of rotatable bonds is 9. The van der Waals surface area contributed by atoms with Gasteiger partial charge >= 0.3 is 0 Å². The summed E-state index contributed by atoms with van der Waals surface area (Å²) in [4.78, 5) is 0. The first-order chi connectivity index (χ1) is 10.1. The normalized spacial score (nSPS) is 25.0. The van der Waals surface area contributed by atoms with Crippen LogP contribution in [0.1, 0.15) is 105 Å². The predicted octanol–water partition coefficient (Wildman–Crippen LogP) is 7.54. The van der Waals surface area contributed by atoms with Crippen molar-refractivity contribution in [2.45, 2.75) is 105 Å². The van der Waals surface area contributed by atoms with E-state index in [1.807, 2.05) is 0 Å². The molecular formula is C21H40. The highest BCUT2D eigenvalue weighted by Crippen LogP contribution is 2.30. The maximum atomic E-state index is 2.51. The maximum absolute atomic E-state index is 2.51. The molecule has 0 amide bonds. The van der Waals surface area contributed by atoms with Crippen molar-refractivity contribution < 1.29 is 0 Å². The van der Waals surface area contributed by atoms with Gasteiger partial charge < -0.3 is 0 Å². The lowest BCUT2D eigenvalue weighted by Crippen LogP contribution is -2.09. The standard InChI is InChI=1S/C21H40/c1-5-6-7-8-9-10-18(2)11-14-21-15-12-19(3)17-20(4)13-16-21/h17-19,21H,5-16H2,1-4H3. The second kappa shape index (κ2) is 11.3. The summed E-state index contributed by atoms with van der Waals surface area (Å²) < 4.78 is 0. The zero-order chi connectivity index (χ0) is 15.5. The highest BCUT2D eigenvalue weighted by Gasteiger charge is 2.15. The van der Waals surface area contributed by atoms with Gasteiger partial charge in [0.1, 0.15) is 0 Å². The van der Waals surface area contributed by atoms with Crippen molar-refractivity contribution in [3.63, 3.8) is 0 Å². The Morgan fingerprint density at radius 1 is 1.05 bits per heavy atom. The Hall–Kier alpha value is -0.260. The molecular weight excluding hydrogens is 252 g/mol. The molecule has 0 aromatic carbocycles. The van der Waals surface area contributed by atoms with E-state index in [9.17, 15) is 0 Å².